The second-order valence-electron chi connectivity index (χ2n) is 6.64. The Bertz CT molecular complexity index is 959. The van der Waals surface area contributed by atoms with Gasteiger partial charge in [0.1, 0.15) is 10.7 Å². The highest BCUT2D eigenvalue weighted by molar-refractivity contribution is 7.14. The molecule has 156 valence electrons. The van der Waals surface area contributed by atoms with Crippen LogP contribution in [0.5, 0.6) is 0 Å². The van der Waals surface area contributed by atoms with E-state index in [9.17, 15) is 19.2 Å². The number of esters is 2. The average molecular weight is 421 g/mol. The van der Waals surface area contributed by atoms with E-state index >= 15 is 0 Å². The topological polar surface area (TPSA) is 141 Å². The monoisotopic (exact) mass is 421 g/mol. The van der Waals surface area contributed by atoms with Crippen LogP contribution in [0.2, 0.25) is 0 Å². The molecule has 0 aromatic carbocycles. The van der Waals surface area contributed by atoms with Gasteiger partial charge in [-0.25, -0.2) is 9.59 Å². The summed E-state index contributed by atoms with van der Waals surface area (Å²) in [5, 5.41) is 4.40. The molecule has 0 spiro atoms. The van der Waals surface area contributed by atoms with Gasteiger partial charge in [0, 0.05) is 5.69 Å². The molecule has 29 heavy (non-hydrogen) atoms. The number of H-pyrrole nitrogens is 1. The maximum Gasteiger partial charge on any atom is 0.355 e. The number of rotatable bonds is 7. The van der Waals surface area contributed by atoms with Crippen LogP contribution < -0.4 is 11.1 Å². The van der Waals surface area contributed by atoms with Crippen molar-refractivity contribution in [1.29, 1.82) is 0 Å². The lowest BCUT2D eigenvalue weighted by Crippen LogP contribution is -2.30. The smallest absolute Gasteiger partial charge is 0.355 e. The number of anilines is 1. The van der Waals surface area contributed by atoms with E-state index in [-0.39, 0.29) is 27.9 Å². The quantitative estimate of drug-likeness (QED) is 0.587. The molecule has 0 aliphatic heterocycles. The summed E-state index contributed by atoms with van der Waals surface area (Å²) in [5.74, 6) is -2.64. The predicted octanol–water partition coefficient (Wildman–Crippen LogP) is 2.54. The number of carbonyl (C=O) groups is 4. The van der Waals surface area contributed by atoms with Gasteiger partial charge in [0.25, 0.3) is 11.8 Å². The van der Waals surface area contributed by atoms with Gasteiger partial charge in [-0.2, -0.15) is 0 Å². The van der Waals surface area contributed by atoms with E-state index in [2.05, 4.69) is 10.3 Å². The summed E-state index contributed by atoms with van der Waals surface area (Å²) in [7, 11) is 0. The third-order valence-electron chi connectivity index (χ3n) is 4.01. The van der Waals surface area contributed by atoms with E-state index < -0.39 is 29.9 Å². The highest BCUT2D eigenvalue weighted by Crippen LogP contribution is 2.24. The Labute approximate surface area is 171 Å². The Balaban J connectivity index is 2.11. The highest BCUT2D eigenvalue weighted by Gasteiger charge is 2.27. The summed E-state index contributed by atoms with van der Waals surface area (Å²) >= 11 is 1.12. The first-order valence-electron chi connectivity index (χ1n) is 8.82. The van der Waals surface area contributed by atoms with Gasteiger partial charge in [-0.1, -0.05) is 0 Å². The van der Waals surface area contributed by atoms with Gasteiger partial charge in [0.15, 0.2) is 6.10 Å². The van der Waals surface area contributed by atoms with Gasteiger partial charge in [0.05, 0.1) is 17.2 Å². The van der Waals surface area contributed by atoms with Crippen LogP contribution in [-0.4, -0.2) is 40.9 Å². The van der Waals surface area contributed by atoms with Crippen LogP contribution >= 0.6 is 11.3 Å². The number of primary amides is 1. The van der Waals surface area contributed by atoms with E-state index in [1.54, 1.807) is 33.1 Å². The number of aromatic nitrogens is 1. The number of ether oxygens (including phenoxy) is 2. The molecule has 4 N–H and O–H groups in total. The van der Waals surface area contributed by atoms with Crippen LogP contribution in [-0.2, 0) is 14.3 Å². The maximum absolute atomic E-state index is 12.5. The lowest BCUT2D eigenvalue weighted by molar-refractivity contribution is -0.123. The maximum atomic E-state index is 12.5. The van der Waals surface area contributed by atoms with Crippen molar-refractivity contribution < 1.29 is 28.7 Å². The Kier molecular flexibility index (Phi) is 6.80. The lowest BCUT2D eigenvalue weighted by atomic mass is 10.1. The minimum Gasteiger partial charge on any atom is -0.459 e. The number of aryl methyl sites for hydroxylation is 1. The third-order valence-corrected chi connectivity index (χ3v) is 4.84. The van der Waals surface area contributed by atoms with Crippen molar-refractivity contribution in [3.05, 3.63) is 39.5 Å². The van der Waals surface area contributed by atoms with Gasteiger partial charge in [-0.15, -0.1) is 11.3 Å². The molecule has 0 bridgehead atoms. The Morgan fingerprint density at radius 2 is 1.76 bits per heavy atom. The number of hydrogen-bond acceptors (Lipinski definition) is 7. The molecule has 0 saturated carbocycles. The number of carbonyl (C=O) groups excluding carboxylic acids is 4. The molecule has 2 aromatic rings. The summed E-state index contributed by atoms with van der Waals surface area (Å²) in [6.07, 6.45) is -1.46. The molecular weight excluding hydrogens is 398 g/mol. The molecule has 2 heterocycles. The van der Waals surface area contributed by atoms with E-state index in [1.165, 1.54) is 13.0 Å². The first kappa shape index (κ1) is 22.2. The van der Waals surface area contributed by atoms with Crippen molar-refractivity contribution in [1.82, 2.24) is 4.98 Å². The number of aromatic amines is 1. The van der Waals surface area contributed by atoms with Crippen LogP contribution in [0.4, 0.5) is 5.00 Å². The third kappa shape index (κ3) is 5.02. The van der Waals surface area contributed by atoms with Crippen LogP contribution in [0.3, 0.4) is 0 Å². The van der Waals surface area contributed by atoms with Crippen molar-refractivity contribution in [2.45, 2.75) is 46.8 Å². The minimum absolute atomic E-state index is 0.0619. The van der Waals surface area contributed by atoms with Gasteiger partial charge < -0.3 is 25.5 Å². The molecule has 0 saturated heterocycles. The summed E-state index contributed by atoms with van der Waals surface area (Å²) in [6, 6.07) is 1.49. The van der Waals surface area contributed by atoms with Crippen molar-refractivity contribution in [2.75, 3.05) is 5.32 Å². The molecule has 0 aliphatic rings. The largest absolute Gasteiger partial charge is 0.459 e. The fourth-order valence-electron chi connectivity index (χ4n) is 2.62. The summed E-state index contributed by atoms with van der Waals surface area (Å²) in [4.78, 5) is 51.2. The first-order valence-corrected chi connectivity index (χ1v) is 9.70. The minimum atomic E-state index is -1.15. The number of nitrogens with one attached hydrogen (secondary N) is 2. The average Bonchev–Trinajstić information content (AvgIpc) is 3.18. The normalized spacial score (nSPS) is 11.8. The van der Waals surface area contributed by atoms with Crippen LogP contribution in [0.1, 0.15) is 63.2 Å². The first-order chi connectivity index (χ1) is 13.5. The molecule has 9 nitrogen and oxygen atoms in total. The summed E-state index contributed by atoms with van der Waals surface area (Å²) < 4.78 is 10.4. The molecule has 1 atom stereocenters. The molecule has 0 radical (unpaired) electrons. The van der Waals surface area contributed by atoms with E-state index in [0.717, 1.165) is 11.3 Å². The predicted molar refractivity (Wildman–Crippen MR) is 107 cm³/mol. The Morgan fingerprint density at radius 1 is 1.10 bits per heavy atom. The van der Waals surface area contributed by atoms with Crippen molar-refractivity contribution in [3.63, 3.8) is 0 Å². The van der Waals surface area contributed by atoms with Crippen LogP contribution in [0, 0.1) is 13.8 Å². The molecule has 0 fully saturated rings. The number of nitrogens with two attached hydrogens (primary N) is 1. The van der Waals surface area contributed by atoms with Crippen molar-refractivity contribution in [2.24, 2.45) is 5.73 Å². The van der Waals surface area contributed by atoms with E-state index in [0.29, 0.717) is 11.3 Å². The fourth-order valence-corrected chi connectivity index (χ4v) is 3.42. The Morgan fingerprint density at radius 3 is 2.34 bits per heavy atom. The highest BCUT2D eigenvalue weighted by atomic mass is 32.1. The van der Waals surface area contributed by atoms with Crippen molar-refractivity contribution >= 4 is 40.1 Å². The number of hydrogen-bond donors (Lipinski definition) is 3. The molecule has 2 amide bonds. The molecular formula is C19H23N3O6S. The summed E-state index contributed by atoms with van der Waals surface area (Å²) in [6.45, 7) is 8.07. The van der Waals surface area contributed by atoms with Gasteiger partial charge in [0.2, 0.25) is 0 Å². The van der Waals surface area contributed by atoms with Gasteiger partial charge >= 0.3 is 11.9 Å². The SMILES string of the molecule is Cc1[nH]c(C(=O)O[C@H](C)C(=O)Nc2sccc2C(N)=O)c(C)c1C(=O)OC(C)C. The van der Waals surface area contributed by atoms with E-state index in [1.807, 2.05) is 0 Å². The molecule has 0 aliphatic carbocycles. The molecule has 10 heteroatoms. The Hall–Kier alpha value is -3.14. The van der Waals surface area contributed by atoms with E-state index in [4.69, 9.17) is 15.2 Å². The van der Waals surface area contributed by atoms with Crippen LogP contribution in [0.25, 0.3) is 0 Å². The standard InChI is InChI=1S/C19H23N3O6S/c1-8(2)27-18(25)13-9(3)14(21-10(13)4)19(26)28-11(5)16(24)22-17-12(15(20)23)6-7-29-17/h6-8,11,21H,1-5H3,(H2,20,23)(H,22,24)/t11-/m1/s1. The van der Waals surface area contributed by atoms with Crippen molar-refractivity contribution in [3.8, 4) is 0 Å². The zero-order valence-corrected chi connectivity index (χ0v) is 17.6. The fraction of sp³-hybridized carbons (Fsp3) is 0.368. The molecule has 0 unspecified atom stereocenters. The summed E-state index contributed by atoms with van der Waals surface area (Å²) in [5.41, 5.74) is 6.57. The number of thiophene rings is 1. The second-order valence-corrected chi connectivity index (χ2v) is 7.56. The molecule has 2 aromatic heterocycles. The lowest BCUT2D eigenvalue weighted by Gasteiger charge is -2.13. The zero-order chi connectivity index (χ0) is 21.9. The molecule has 2 rings (SSSR count). The van der Waals surface area contributed by atoms with Gasteiger partial charge in [-0.3, -0.25) is 9.59 Å². The zero-order valence-electron chi connectivity index (χ0n) is 16.7. The number of amides is 2. The van der Waals surface area contributed by atoms with Gasteiger partial charge in [-0.05, 0) is 51.6 Å². The second kappa shape index (κ2) is 8.91. The van der Waals surface area contributed by atoms with Crippen LogP contribution in [0.15, 0.2) is 11.4 Å².